The van der Waals surface area contributed by atoms with Gasteiger partial charge in [0.1, 0.15) is 18.6 Å². The Kier molecular flexibility index (Phi) is 7.21. The summed E-state index contributed by atoms with van der Waals surface area (Å²) in [5.41, 5.74) is 0.782. The first kappa shape index (κ1) is 21.0. The summed E-state index contributed by atoms with van der Waals surface area (Å²) in [6, 6.07) is 4.34. The number of nitrogens with zero attached hydrogens (tertiary/aromatic N) is 3. The zero-order valence-corrected chi connectivity index (χ0v) is 15.6. The number of cyclic esters (lactones) is 1. The van der Waals surface area contributed by atoms with E-state index >= 15 is 0 Å². The molecule has 3 rings (SSSR count). The summed E-state index contributed by atoms with van der Waals surface area (Å²) in [6.07, 6.45) is 1.91. The van der Waals surface area contributed by atoms with Crippen molar-refractivity contribution in [3.05, 3.63) is 42.0 Å². The number of carbonyl (C=O) groups excluding carboxylic acids is 3. The minimum Gasteiger partial charge on any atom is -0.462 e. The number of ether oxygens (including phenoxy) is 2. The van der Waals surface area contributed by atoms with Crippen LogP contribution in [-0.4, -0.2) is 61.5 Å². The van der Waals surface area contributed by atoms with Crippen molar-refractivity contribution >= 4 is 24.5 Å². The number of hydrogen-bond donors (Lipinski definition) is 1. The van der Waals surface area contributed by atoms with Crippen molar-refractivity contribution in [1.82, 2.24) is 15.1 Å². The molecule has 9 nitrogen and oxygen atoms in total. The summed E-state index contributed by atoms with van der Waals surface area (Å²) in [4.78, 5) is 33.0. The predicted octanol–water partition coefficient (Wildman–Crippen LogP) is 1.55. The van der Waals surface area contributed by atoms with Crippen molar-refractivity contribution in [2.24, 2.45) is 0 Å². The molecule has 0 radical (unpaired) electrons. The standard InChI is InChI=1S/C17H19FN4O4.CH2O/c1-3-25-16(23)11-7-20-22(9-11)15-5-4-12(6-14(15)18)21-10-13(8-19-2)26-17(21)24;1-2/h4-7,9,13,19H,3,8,10H2,1-2H3;1H2. The van der Waals surface area contributed by atoms with Gasteiger partial charge in [-0.25, -0.2) is 18.7 Å². The maximum Gasteiger partial charge on any atom is 0.414 e. The van der Waals surface area contributed by atoms with Gasteiger partial charge in [-0.1, -0.05) is 0 Å². The van der Waals surface area contributed by atoms with Crippen molar-refractivity contribution in [3.63, 3.8) is 0 Å². The van der Waals surface area contributed by atoms with E-state index in [0.717, 1.165) is 0 Å². The van der Waals surface area contributed by atoms with Crippen LogP contribution < -0.4 is 10.2 Å². The minimum atomic E-state index is -0.578. The molecular formula is C18H21FN4O5. The van der Waals surface area contributed by atoms with Crippen LogP contribution in [-0.2, 0) is 14.3 Å². The molecule has 1 aromatic heterocycles. The third-order valence-electron chi connectivity index (χ3n) is 3.89. The highest BCUT2D eigenvalue weighted by atomic mass is 19.1. The lowest BCUT2D eigenvalue weighted by Gasteiger charge is -2.14. The molecule has 1 aliphatic rings. The molecule has 1 aromatic carbocycles. The Morgan fingerprint density at radius 1 is 1.46 bits per heavy atom. The number of nitrogens with one attached hydrogen (secondary N) is 1. The molecule has 10 heteroatoms. The fourth-order valence-corrected chi connectivity index (χ4v) is 2.69. The van der Waals surface area contributed by atoms with Gasteiger partial charge in [-0.05, 0) is 32.2 Å². The quantitative estimate of drug-likeness (QED) is 0.744. The molecule has 1 atom stereocenters. The van der Waals surface area contributed by atoms with E-state index in [1.165, 1.54) is 34.1 Å². The number of benzene rings is 1. The molecule has 0 saturated carbocycles. The van der Waals surface area contributed by atoms with Crippen LogP contribution >= 0.6 is 0 Å². The summed E-state index contributed by atoms with van der Waals surface area (Å²) >= 11 is 0. The third-order valence-corrected chi connectivity index (χ3v) is 3.89. The Labute approximate surface area is 161 Å². The molecule has 2 heterocycles. The van der Waals surface area contributed by atoms with E-state index in [1.807, 2.05) is 6.79 Å². The van der Waals surface area contributed by atoms with Gasteiger partial charge in [-0.2, -0.15) is 5.10 Å². The van der Waals surface area contributed by atoms with Crippen molar-refractivity contribution in [1.29, 1.82) is 0 Å². The topological polar surface area (TPSA) is 103 Å². The van der Waals surface area contributed by atoms with Crippen LogP contribution in [0.1, 0.15) is 17.3 Å². The summed E-state index contributed by atoms with van der Waals surface area (Å²) in [6.45, 7) is 4.80. The highest BCUT2D eigenvalue weighted by Gasteiger charge is 2.32. The SMILES string of the molecule is C=O.CCOC(=O)c1cnn(-c2ccc(N3CC(CNC)OC3=O)cc2F)c1. The van der Waals surface area contributed by atoms with Gasteiger partial charge >= 0.3 is 12.1 Å². The van der Waals surface area contributed by atoms with Gasteiger partial charge in [-0.3, -0.25) is 4.90 Å². The fourth-order valence-electron chi connectivity index (χ4n) is 2.69. The minimum absolute atomic E-state index is 0.156. The summed E-state index contributed by atoms with van der Waals surface area (Å²) in [7, 11) is 1.76. The number of hydrogen-bond acceptors (Lipinski definition) is 7. The Morgan fingerprint density at radius 3 is 2.86 bits per heavy atom. The number of halogens is 1. The Morgan fingerprint density at radius 2 is 2.21 bits per heavy atom. The van der Waals surface area contributed by atoms with Crippen molar-refractivity contribution in [2.75, 3.05) is 31.6 Å². The molecule has 1 aliphatic heterocycles. The number of esters is 1. The number of likely N-dealkylation sites (N-methyl/N-ethyl adjacent to an activating group) is 1. The first-order chi connectivity index (χ1) is 13.5. The Balaban J connectivity index is 0.00000136. The number of amides is 1. The maximum absolute atomic E-state index is 14.6. The molecule has 1 fully saturated rings. The summed E-state index contributed by atoms with van der Waals surface area (Å²) < 4.78 is 25.9. The van der Waals surface area contributed by atoms with Gasteiger partial charge in [0.2, 0.25) is 0 Å². The largest absolute Gasteiger partial charge is 0.462 e. The van der Waals surface area contributed by atoms with E-state index in [1.54, 1.807) is 20.0 Å². The first-order valence-electron chi connectivity index (χ1n) is 8.46. The zero-order chi connectivity index (χ0) is 20.7. The van der Waals surface area contributed by atoms with Gasteiger partial charge in [0.15, 0.2) is 5.82 Å². The molecule has 2 aromatic rings. The smallest absolute Gasteiger partial charge is 0.414 e. The molecular weight excluding hydrogens is 371 g/mol. The second kappa shape index (κ2) is 9.60. The van der Waals surface area contributed by atoms with Crippen molar-refractivity contribution < 1.29 is 28.2 Å². The number of carbonyl (C=O) groups is 3. The van der Waals surface area contributed by atoms with Gasteiger partial charge < -0.3 is 19.6 Å². The van der Waals surface area contributed by atoms with E-state index in [2.05, 4.69) is 10.4 Å². The number of anilines is 1. The van der Waals surface area contributed by atoms with E-state index in [0.29, 0.717) is 18.8 Å². The summed E-state index contributed by atoms with van der Waals surface area (Å²) in [5, 5.41) is 6.93. The van der Waals surface area contributed by atoms with E-state index in [4.69, 9.17) is 14.3 Å². The normalized spacial score (nSPS) is 15.6. The molecule has 1 N–H and O–H groups in total. The maximum atomic E-state index is 14.6. The fraction of sp³-hybridized carbons (Fsp3) is 0.333. The third kappa shape index (κ3) is 4.52. The highest BCUT2D eigenvalue weighted by molar-refractivity contribution is 5.90. The number of rotatable bonds is 6. The van der Waals surface area contributed by atoms with E-state index in [-0.39, 0.29) is 24.0 Å². The van der Waals surface area contributed by atoms with Crippen molar-refractivity contribution in [3.8, 4) is 5.69 Å². The Bertz CT molecular complexity index is 841. The van der Waals surface area contributed by atoms with Crippen LogP contribution in [0.5, 0.6) is 0 Å². The number of aromatic nitrogens is 2. The van der Waals surface area contributed by atoms with Crippen LogP contribution in [0.25, 0.3) is 5.69 Å². The van der Waals surface area contributed by atoms with Gasteiger partial charge in [0.05, 0.1) is 30.6 Å². The lowest BCUT2D eigenvalue weighted by Crippen LogP contribution is -2.29. The average Bonchev–Trinajstić information content (AvgIpc) is 3.31. The molecule has 0 bridgehead atoms. The highest BCUT2D eigenvalue weighted by Crippen LogP contribution is 2.25. The van der Waals surface area contributed by atoms with E-state index < -0.39 is 17.9 Å². The second-order valence-electron chi connectivity index (χ2n) is 5.70. The second-order valence-corrected chi connectivity index (χ2v) is 5.70. The van der Waals surface area contributed by atoms with Gasteiger partial charge in [0, 0.05) is 12.7 Å². The van der Waals surface area contributed by atoms with Crippen LogP contribution in [0.2, 0.25) is 0 Å². The van der Waals surface area contributed by atoms with E-state index in [9.17, 15) is 14.0 Å². The lowest BCUT2D eigenvalue weighted by molar-refractivity contribution is -0.0980. The predicted molar refractivity (Wildman–Crippen MR) is 98.1 cm³/mol. The molecule has 1 amide bonds. The van der Waals surface area contributed by atoms with Crippen LogP contribution in [0, 0.1) is 5.82 Å². The van der Waals surface area contributed by atoms with Crippen LogP contribution in [0.3, 0.4) is 0 Å². The monoisotopic (exact) mass is 392 g/mol. The molecule has 0 aliphatic carbocycles. The molecule has 150 valence electrons. The van der Waals surface area contributed by atoms with Gasteiger partial charge in [-0.15, -0.1) is 0 Å². The van der Waals surface area contributed by atoms with Crippen LogP contribution in [0.4, 0.5) is 14.9 Å². The average molecular weight is 392 g/mol. The van der Waals surface area contributed by atoms with Crippen LogP contribution in [0.15, 0.2) is 30.6 Å². The molecule has 28 heavy (non-hydrogen) atoms. The molecule has 1 saturated heterocycles. The molecule has 0 spiro atoms. The first-order valence-corrected chi connectivity index (χ1v) is 8.46. The molecule has 1 unspecified atom stereocenters. The summed E-state index contributed by atoms with van der Waals surface area (Å²) in [5.74, 6) is -1.10. The van der Waals surface area contributed by atoms with Gasteiger partial charge in [0.25, 0.3) is 0 Å². The Hall–Kier alpha value is -3.27. The lowest BCUT2D eigenvalue weighted by atomic mass is 10.2. The zero-order valence-electron chi connectivity index (χ0n) is 15.6. The van der Waals surface area contributed by atoms with Crippen molar-refractivity contribution in [2.45, 2.75) is 13.0 Å².